The lowest BCUT2D eigenvalue weighted by molar-refractivity contribution is 1.09. The van der Waals surface area contributed by atoms with Crippen molar-refractivity contribution in [2.75, 3.05) is 0 Å². The minimum absolute atomic E-state index is 0.526. The molecule has 1 aromatic carbocycles. The van der Waals surface area contributed by atoms with Crippen molar-refractivity contribution in [3.63, 3.8) is 0 Å². The maximum Gasteiger partial charge on any atom is 0.140 e. The summed E-state index contributed by atoms with van der Waals surface area (Å²) in [5, 5.41) is 1.43. The van der Waals surface area contributed by atoms with Gasteiger partial charge in [0.2, 0.25) is 0 Å². The predicted octanol–water partition coefficient (Wildman–Crippen LogP) is 3.62. The van der Waals surface area contributed by atoms with Gasteiger partial charge in [-0.15, -0.1) is 0 Å². The largest absolute Gasteiger partial charge is 0.233 e. The number of aryl methyl sites for hydroxylation is 1. The number of nitrogens with zero attached hydrogens (tertiary/aromatic N) is 2. The molecule has 0 spiro atoms. The number of rotatable bonds is 0. The number of halogens is 1. The summed E-state index contributed by atoms with van der Waals surface area (Å²) in [6.45, 7) is 5.83. The Hall–Kier alpha value is -1.15. The van der Waals surface area contributed by atoms with E-state index in [2.05, 4.69) is 9.97 Å². The maximum atomic E-state index is 5.91. The topological polar surface area (TPSA) is 25.8 Å². The van der Waals surface area contributed by atoms with Gasteiger partial charge in [-0.2, -0.15) is 0 Å². The van der Waals surface area contributed by atoms with E-state index in [1.807, 2.05) is 45.0 Å². The minimum Gasteiger partial charge on any atom is -0.233 e. The molecule has 1 heterocycles. The summed E-state index contributed by atoms with van der Waals surface area (Å²) in [4.78, 5) is 8.30. The van der Waals surface area contributed by atoms with Crippen LogP contribution in [0.3, 0.4) is 0 Å². The van der Waals surface area contributed by atoms with Gasteiger partial charge in [-0.25, -0.2) is 9.97 Å². The third kappa shape index (κ3) is 2.20. The van der Waals surface area contributed by atoms with Gasteiger partial charge < -0.3 is 0 Å². The highest BCUT2D eigenvalue weighted by atomic mass is 35.5. The highest BCUT2D eigenvalue weighted by Gasteiger charge is 2.00. The van der Waals surface area contributed by atoms with E-state index in [9.17, 15) is 0 Å². The predicted molar refractivity (Wildman–Crippen MR) is 60.6 cm³/mol. The molecule has 2 nitrogen and oxygen atoms in total. The van der Waals surface area contributed by atoms with Gasteiger partial charge in [0.15, 0.2) is 0 Å². The number of fused-ring (bicyclic) bond motifs is 1. The quantitative estimate of drug-likeness (QED) is 0.618. The molecule has 0 amide bonds. The van der Waals surface area contributed by atoms with Crippen LogP contribution in [0, 0.1) is 6.92 Å². The third-order valence-electron chi connectivity index (χ3n) is 1.67. The Morgan fingerprint density at radius 3 is 2.43 bits per heavy atom. The van der Waals surface area contributed by atoms with Crippen LogP contribution < -0.4 is 0 Å². The van der Waals surface area contributed by atoms with Crippen molar-refractivity contribution in [1.29, 1.82) is 0 Å². The van der Waals surface area contributed by atoms with Crippen molar-refractivity contribution in [2.45, 2.75) is 20.8 Å². The summed E-state index contributed by atoms with van der Waals surface area (Å²) in [7, 11) is 0. The van der Waals surface area contributed by atoms with Crippen LogP contribution in [0.25, 0.3) is 10.9 Å². The van der Waals surface area contributed by atoms with Crippen LogP contribution in [0.2, 0.25) is 5.15 Å². The minimum atomic E-state index is 0.526. The fraction of sp³-hybridized carbons (Fsp3) is 0.273. The first-order valence-electron chi connectivity index (χ1n) is 4.66. The summed E-state index contributed by atoms with van der Waals surface area (Å²) in [6, 6.07) is 7.70. The van der Waals surface area contributed by atoms with Crippen molar-refractivity contribution >= 4 is 22.5 Å². The summed E-state index contributed by atoms with van der Waals surface area (Å²) in [5.74, 6) is 0.707. The van der Waals surface area contributed by atoms with Crippen LogP contribution in [0.1, 0.15) is 19.7 Å². The highest BCUT2D eigenvalue weighted by molar-refractivity contribution is 6.34. The molecule has 0 saturated heterocycles. The Labute approximate surface area is 89.0 Å². The highest BCUT2D eigenvalue weighted by Crippen LogP contribution is 2.18. The lowest BCUT2D eigenvalue weighted by Gasteiger charge is -1.99. The van der Waals surface area contributed by atoms with E-state index in [-0.39, 0.29) is 0 Å². The number of aromatic nitrogens is 2. The van der Waals surface area contributed by atoms with Gasteiger partial charge in [0.1, 0.15) is 11.0 Å². The van der Waals surface area contributed by atoms with Crippen molar-refractivity contribution in [2.24, 2.45) is 0 Å². The van der Waals surface area contributed by atoms with E-state index in [0.29, 0.717) is 11.0 Å². The molecule has 0 saturated carbocycles. The van der Waals surface area contributed by atoms with E-state index in [1.165, 1.54) is 0 Å². The summed E-state index contributed by atoms with van der Waals surface area (Å²) in [5.41, 5.74) is 0.898. The molecule has 0 aliphatic carbocycles. The van der Waals surface area contributed by atoms with Gasteiger partial charge in [-0.05, 0) is 19.1 Å². The molecule has 3 heteroatoms. The van der Waals surface area contributed by atoms with Crippen molar-refractivity contribution in [3.8, 4) is 0 Å². The molecule has 14 heavy (non-hydrogen) atoms. The van der Waals surface area contributed by atoms with Crippen LogP contribution in [-0.4, -0.2) is 9.97 Å². The molecular weight excluding hydrogens is 196 g/mol. The normalized spacial score (nSPS) is 9.43. The molecule has 0 fully saturated rings. The van der Waals surface area contributed by atoms with Gasteiger partial charge in [-0.3, -0.25) is 0 Å². The van der Waals surface area contributed by atoms with E-state index in [1.54, 1.807) is 0 Å². The fourth-order valence-electron chi connectivity index (χ4n) is 1.15. The zero-order chi connectivity index (χ0) is 10.6. The second-order valence-electron chi connectivity index (χ2n) is 2.58. The van der Waals surface area contributed by atoms with E-state index >= 15 is 0 Å². The van der Waals surface area contributed by atoms with Gasteiger partial charge in [0.25, 0.3) is 0 Å². The van der Waals surface area contributed by atoms with Gasteiger partial charge in [0, 0.05) is 5.39 Å². The van der Waals surface area contributed by atoms with E-state index < -0.39 is 0 Å². The molecule has 2 rings (SSSR count). The SMILES string of the molecule is CC.Cc1nc(Cl)c2ccccc2n1. The Kier molecular flexibility index (Phi) is 3.84. The molecule has 0 aliphatic heterocycles. The summed E-state index contributed by atoms with van der Waals surface area (Å²) < 4.78 is 0. The first kappa shape index (κ1) is 10.9. The third-order valence-corrected chi connectivity index (χ3v) is 1.96. The Morgan fingerprint density at radius 1 is 1.07 bits per heavy atom. The van der Waals surface area contributed by atoms with Gasteiger partial charge in [-0.1, -0.05) is 37.6 Å². The number of hydrogen-bond acceptors (Lipinski definition) is 2. The maximum absolute atomic E-state index is 5.91. The summed E-state index contributed by atoms with van der Waals surface area (Å²) in [6.07, 6.45) is 0. The molecule has 0 bridgehead atoms. The van der Waals surface area contributed by atoms with Gasteiger partial charge in [0.05, 0.1) is 5.52 Å². The Balaban J connectivity index is 0.000000461. The van der Waals surface area contributed by atoms with Gasteiger partial charge >= 0.3 is 0 Å². The molecule has 0 aliphatic rings. The first-order chi connectivity index (χ1) is 6.77. The summed E-state index contributed by atoms with van der Waals surface area (Å²) >= 11 is 5.91. The van der Waals surface area contributed by atoms with Crippen molar-refractivity contribution in [3.05, 3.63) is 35.2 Å². The Bertz CT molecular complexity index is 427. The van der Waals surface area contributed by atoms with Crippen LogP contribution >= 0.6 is 11.6 Å². The van der Waals surface area contributed by atoms with Crippen molar-refractivity contribution < 1.29 is 0 Å². The first-order valence-corrected chi connectivity index (χ1v) is 5.04. The molecule has 0 radical (unpaired) electrons. The standard InChI is InChI=1S/C9H7ClN2.C2H6/c1-6-11-8-5-3-2-4-7(8)9(10)12-6;1-2/h2-5H,1H3;1-2H3. The average Bonchev–Trinajstić information content (AvgIpc) is 2.20. The van der Waals surface area contributed by atoms with Crippen LogP contribution in [-0.2, 0) is 0 Å². The zero-order valence-corrected chi connectivity index (χ0v) is 9.34. The average molecular weight is 209 g/mol. The lowest BCUT2D eigenvalue weighted by atomic mass is 10.2. The monoisotopic (exact) mass is 208 g/mol. The number of benzene rings is 1. The van der Waals surface area contributed by atoms with E-state index in [4.69, 9.17) is 11.6 Å². The molecule has 0 unspecified atom stereocenters. The smallest absolute Gasteiger partial charge is 0.140 e. The zero-order valence-electron chi connectivity index (χ0n) is 8.58. The molecule has 74 valence electrons. The number of hydrogen-bond donors (Lipinski definition) is 0. The van der Waals surface area contributed by atoms with Crippen LogP contribution in [0.15, 0.2) is 24.3 Å². The lowest BCUT2D eigenvalue weighted by Crippen LogP contribution is -1.89. The van der Waals surface area contributed by atoms with E-state index in [0.717, 1.165) is 10.9 Å². The molecule has 2 aromatic rings. The van der Waals surface area contributed by atoms with Crippen molar-refractivity contribution in [1.82, 2.24) is 9.97 Å². The Morgan fingerprint density at radius 2 is 1.71 bits per heavy atom. The number of para-hydroxylation sites is 1. The molecule has 1 aromatic heterocycles. The second kappa shape index (κ2) is 4.91. The second-order valence-corrected chi connectivity index (χ2v) is 2.94. The molecule has 0 atom stereocenters. The molecular formula is C11H13ClN2. The fourth-order valence-corrected chi connectivity index (χ4v) is 1.43. The van der Waals surface area contributed by atoms with Crippen LogP contribution in [0.4, 0.5) is 0 Å². The van der Waals surface area contributed by atoms with Crippen LogP contribution in [0.5, 0.6) is 0 Å². The molecule has 0 N–H and O–H groups in total.